The van der Waals surface area contributed by atoms with Crippen molar-refractivity contribution in [1.82, 2.24) is 9.80 Å². The van der Waals surface area contributed by atoms with Gasteiger partial charge in [0, 0.05) is 25.6 Å². The molecule has 0 N–H and O–H groups in total. The third-order valence-corrected chi connectivity index (χ3v) is 3.01. The zero-order chi connectivity index (χ0) is 14.4. The molecule has 19 heavy (non-hydrogen) atoms. The van der Waals surface area contributed by atoms with Crippen molar-refractivity contribution in [1.29, 1.82) is 0 Å². The Morgan fingerprint density at radius 1 is 1.00 bits per heavy atom. The number of carbonyl (C=O) groups is 2. The molecule has 1 aliphatic heterocycles. The Bertz CT molecular complexity index is 300. The summed E-state index contributed by atoms with van der Waals surface area (Å²) in [5, 5.41) is 0. The molecule has 110 valence electrons. The summed E-state index contributed by atoms with van der Waals surface area (Å²) >= 11 is 11.2. The predicted octanol–water partition coefficient (Wildman–Crippen LogP) is 0.818. The average molecular weight is 313 g/mol. The van der Waals surface area contributed by atoms with Crippen molar-refractivity contribution in [2.75, 3.05) is 31.6 Å². The van der Waals surface area contributed by atoms with Crippen LogP contribution in [0.4, 0.5) is 0 Å². The fourth-order valence-electron chi connectivity index (χ4n) is 1.87. The van der Waals surface area contributed by atoms with E-state index in [4.69, 9.17) is 32.7 Å². The smallest absolute Gasteiger partial charge is 0.223 e. The molecule has 8 heteroatoms. The van der Waals surface area contributed by atoms with Crippen LogP contribution >= 0.6 is 23.2 Å². The predicted molar refractivity (Wildman–Crippen MR) is 70.8 cm³/mol. The number of halogens is 2. The van der Waals surface area contributed by atoms with E-state index in [-0.39, 0.29) is 31.7 Å². The highest BCUT2D eigenvalue weighted by atomic mass is 35.5. The molecule has 0 aromatic carbocycles. The Hall–Kier alpha value is -0.560. The number of rotatable bonds is 6. The molecule has 0 aromatic rings. The Balaban J connectivity index is 2.86. The van der Waals surface area contributed by atoms with Crippen LogP contribution in [-0.4, -0.2) is 65.7 Å². The highest BCUT2D eigenvalue weighted by Gasteiger charge is 2.44. The van der Waals surface area contributed by atoms with E-state index < -0.39 is 12.5 Å². The van der Waals surface area contributed by atoms with E-state index in [1.54, 1.807) is 0 Å². The Kier molecular flexibility index (Phi) is 6.85. The molecule has 6 nitrogen and oxygen atoms in total. The number of alkyl halides is 2. The zero-order valence-electron chi connectivity index (χ0n) is 11.0. The number of nitrogens with zero attached hydrogens (tertiary/aromatic N) is 2. The summed E-state index contributed by atoms with van der Waals surface area (Å²) in [5.41, 5.74) is 0. The van der Waals surface area contributed by atoms with Gasteiger partial charge in [0.15, 0.2) is 12.5 Å². The lowest BCUT2D eigenvalue weighted by Crippen LogP contribution is -2.44. The van der Waals surface area contributed by atoms with Crippen molar-refractivity contribution >= 4 is 35.0 Å². The number of carbonyl (C=O) groups excluding carboxylic acids is 2. The number of hydrogen-bond acceptors (Lipinski definition) is 4. The van der Waals surface area contributed by atoms with Gasteiger partial charge in [-0.15, -0.1) is 23.2 Å². The van der Waals surface area contributed by atoms with Gasteiger partial charge in [0.2, 0.25) is 11.8 Å². The van der Waals surface area contributed by atoms with Gasteiger partial charge in [-0.05, 0) is 0 Å². The van der Waals surface area contributed by atoms with Crippen LogP contribution in [0.5, 0.6) is 0 Å². The highest BCUT2D eigenvalue weighted by Crippen LogP contribution is 2.23. The van der Waals surface area contributed by atoms with Crippen LogP contribution in [0.25, 0.3) is 0 Å². The van der Waals surface area contributed by atoms with Crippen LogP contribution in [0.15, 0.2) is 0 Å². The molecule has 1 aliphatic rings. The molecule has 1 heterocycles. The SMILES string of the molecule is CC(=O)N1CN(C(C)=O)[C@@H](OCCCl)[C@H]1OCCCl. The lowest BCUT2D eigenvalue weighted by Gasteiger charge is -2.26. The Morgan fingerprint density at radius 3 is 1.63 bits per heavy atom. The number of ether oxygens (including phenoxy) is 2. The van der Waals surface area contributed by atoms with Crippen LogP contribution < -0.4 is 0 Å². The van der Waals surface area contributed by atoms with Crippen molar-refractivity contribution in [3.05, 3.63) is 0 Å². The maximum atomic E-state index is 11.6. The van der Waals surface area contributed by atoms with E-state index in [2.05, 4.69) is 0 Å². The topological polar surface area (TPSA) is 59.1 Å². The van der Waals surface area contributed by atoms with Gasteiger partial charge >= 0.3 is 0 Å². The third-order valence-electron chi connectivity index (χ3n) is 2.70. The summed E-state index contributed by atoms with van der Waals surface area (Å²) in [6.45, 7) is 3.51. The first-order valence-corrected chi connectivity index (χ1v) is 6.99. The summed E-state index contributed by atoms with van der Waals surface area (Å²) < 4.78 is 11.1. The molecule has 0 bridgehead atoms. The van der Waals surface area contributed by atoms with E-state index in [1.165, 1.54) is 23.6 Å². The van der Waals surface area contributed by atoms with Crippen molar-refractivity contribution in [3.63, 3.8) is 0 Å². The van der Waals surface area contributed by atoms with E-state index in [1.807, 2.05) is 0 Å². The minimum Gasteiger partial charge on any atom is -0.352 e. The molecular weight excluding hydrogens is 295 g/mol. The van der Waals surface area contributed by atoms with Crippen molar-refractivity contribution in [2.45, 2.75) is 26.3 Å². The van der Waals surface area contributed by atoms with Gasteiger partial charge in [0.05, 0.1) is 13.2 Å². The van der Waals surface area contributed by atoms with Gasteiger partial charge < -0.3 is 9.47 Å². The van der Waals surface area contributed by atoms with Gasteiger partial charge in [-0.1, -0.05) is 0 Å². The van der Waals surface area contributed by atoms with Gasteiger partial charge in [0.25, 0.3) is 0 Å². The average Bonchev–Trinajstić information content (AvgIpc) is 2.72. The molecule has 0 radical (unpaired) electrons. The van der Waals surface area contributed by atoms with Gasteiger partial charge in [0.1, 0.15) is 6.67 Å². The molecular formula is C11H18Cl2N2O4. The first-order valence-electron chi connectivity index (χ1n) is 5.92. The fraction of sp³-hybridized carbons (Fsp3) is 0.818. The van der Waals surface area contributed by atoms with Crippen LogP contribution in [0, 0.1) is 0 Å². The molecule has 0 aliphatic carbocycles. The minimum atomic E-state index is -0.650. The van der Waals surface area contributed by atoms with E-state index >= 15 is 0 Å². The summed E-state index contributed by atoms with van der Waals surface area (Å²) in [6, 6.07) is 0. The van der Waals surface area contributed by atoms with E-state index in [0.29, 0.717) is 11.8 Å². The Morgan fingerprint density at radius 2 is 1.37 bits per heavy atom. The summed E-state index contributed by atoms with van der Waals surface area (Å²) in [5.74, 6) is 0.209. The molecule has 0 saturated carbocycles. The summed E-state index contributed by atoms with van der Waals surface area (Å²) in [7, 11) is 0. The highest BCUT2D eigenvalue weighted by molar-refractivity contribution is 6.18. The molecule has 0 unspecified atom stereocenters. The molecule has 2 atom stereocenters. The molecule has 1 fully saturated rings. The molecule has 0 spiro atoms. The third kappa shape index (κ3) is 4.21. The van der Waals surface area contributed by atoms with Crippen LogP contribution in [0.3, 0.4) is 0 Å². The zero-order valence-corrected chi connectivity index (χ0v) is 12.5. The minimum absolute atomic E-state index is 0.143. The number of hydrogen-bond donors (Lipinski definition) is 0. The molecule has 1 rings (SSSR count). The largest absolute Gasteiger partial charge is 0.352 e. The maximum Gasteiger partial charge on any atom is 0.223 e. The monoisotopic (exact) mass is 312 g/mol. The first-order chi connectivity index (χ1) is 9.02. The first kappa shape index (κ1) is 16.5. The van der Waals surface area contributed by atoms with E-state index in [0.717, 1.165) is 0 Å². The lowest BCUT2D eigenvalue weighted by molar-refractivity contribution is -0.159. The van der Waals surface area contributed by atoms with Crippen molar-refractivity contribution in [3.8, 4) is 0 Å². The molecule has 1 saturated heterocycles. The van der Waals surface area contributed by atoms with Crippen molar-refractivity contribution < 1.29 is 19.1 Å². The standard InChI is InChI=1S/C11H18Cl2N2O4/c1-8(16)14-7-15(9(2)17)11(19-6-4-13)10(14)18-5-3-12/h10-11H,3-7H2,1-2H3/t10-,11+. The maximum absolute atomic E-state index is 11.6. The molecule has 2 amide bonds. The quantitative estimate of drug-likeness (QED) is 0.681. The Labute approximate surface area is 122 Å². The second-order valence-electron chi connectivity index (χ2n) is 4.02. The normalized spacial score (nSPS) is 22.9. The number of amides is 2. The van der Waals surface area contributed by atoms with Crippen LogP contribution in [0.1, 0.15) is 13.8 Å². The second-order valence-corrected chi connectivity index (χ2v) is 4.78. The summed E-state index contributed by atoms with van der Waals surface area (Å²) in [6.07, 6.45) is -1.30. The van der Waals surface area contributed by atoms with Crippen LogP contribution in [0.2, 0.25) is 0 Å². The van der Waals surface area contributed by atoms with Gasteiger partial charge in [-0.2, -0.15) is 0 Å². The van der Waals surface area contributed by atoms with E-state index in [9.17, 15) is 9.59 Å². The lowest BCUT2D eigenvalue weighted by atomic mass is 10.4. The van der Waals surface area contributed by atoms with Gasteiger partial charge in [-0.25, -0.2) is 0 Å². The van der Waals surface area contributed by atoms with Crippen molar-refractivity contribution in [2.24, 2.45) is 0 Å². The second kappa shape index (κ2) is 7.89. The summed E-state index contributed by atoms with van der Waals surface area (Å²) in [4.78, 5) is 26.1. The molecule has 0 aromatic heterocycles. The van der Waals surface area contributed by atoms with Crippen LogP contribution in [-0.2, 0) is 19.1 Å². The van der Waals surface area contributed by atoms with Gasteiger partial charge in [-0.3, -0.25) is 19.4 Å². The fourth-order valence-corrected chi connectivity index (χ4v) is 2.04.